The molecule has 0 unspecified atom stereocenters. The summed E-state index contributed by atoms with van der Waals surface area (Å²) in [6, 6.07) is 1.48. The van der Waals surface area contributed by atoms with E-state index in [9.17, 15) is 18.0 Å². The van der Waals surface area contributed by atoms with Crippen molar-refractivity contribution in [3.63, 3.8) is 0 Å². The highest BCUT2D eigenvalue weighted by Gasteiger charge is 2.33. The molecule has 28 heavy (non-hydrogen) atoms. The van der Waals surface area contributed by atoms with E-state index in [1.165, 1.54) is 6.26 Å². The Morgan fingerprint density at radius 1 is 1.29 bits per heavy atom. The molecule has 0 spiro atoms. The lowest BCUT2D eigenvalue weighted by Crippen LogP contribution is -2.43. The lowest BCUT2D eigenvalue weighted by atomic mass is 9.98. The highest BCUT2D eigenvalue weighted by molar-refractivity contribution is 5.79. The van der Waals surface area contributed by atoms with Gasteiger partial charge in [-0.25, -0.2) is 18.2 Å². The van der Waals surface area contributed by atoms with Gasteiger partial charge in [-0.2, -0.15) is 0 Å². The van der Waals surface area contributed by atoms with Crippen molar-refractivity contribution in [1.29, 1.82) is 0 Å². The zero-order valence-corrected chi connectivity index (χ0v) is 15.1. The molecule has 1 atom stereocenters. The Kier molecular flexibility index (Phi) is 4.44. The summed E-state index contributed by atoms with van der Waals surface area (Å²) in [7, 11) is 0. The zero-order chi connectivity index (χ0) is 20.0. The number of hydrogen-bond acceptors (Lipinski definition) is 5. The van der Waals surface area contributed by atoms with Crippen LogP contribution in [0.5, 0.6) is 0 Å². The Labute approximate surface area is 157 Å². The summed E-state index contributed by atoms with van der Waals surface area (Å²) in [5, 5.41) is 4.07. The maximum Gasteiger partial charge on any atom is 0.227 e. The van der Waals surface area contributed by atoms with E-state index in [0.717, 1.165) is 23.4 Å². The van der Waals surface area contributed by atoms with Gasteiger partial charge in [0.15, 0.2) is 29.1 Å². The second-order valence-electron chi connectivity index (χ2n) is 6.81. The SMILES string of the molecule is Cc1nc(-c2onc3c2CN(C(=O)Cc2cc(F)c(F)c(F)c2)[C@@H](C)C3)co1. The minimum Gasteiger partial charge on any atom is -0.449 e. The summed E-state index contributed by atoms with van der Waals surface area (Å²) >= 11 is 0. The van der Waals surface area contributed by atoms with Crippen LogP contribution in [0.4, 0.5) is 13.2 Å². The summed E-state index contributed by atoms with van der Waals surface area (Å²) in [5.41, 5.74) is 2.00. The van der Waals surface area contributed by atoms with Crippen LogP contribution in [-0.2, 0) is 24.2 Å². The van der Waals surface area contributed by atoms with Crippen LogP contribution in [0.25, 0.3) is 11.5 Å². The summed E-state index contributed by atoms with van der Waals surface area (Å²) in [6.07, 6.45) is 1.66. The Morgan fingerprint density at radius 3 is 2.64 bits per heavy atom. The number of carbonyl (C=O) groups is 1. The van der Waals surface area contributed by atoms with E-state index in [1.54, 1.807) is 11.8 Å². The normalized spacial score (nSPS) is 16.3. The molecule has 3 aromatic rings. The van der Waals surface area contributed by atoms with Crippen LogP contribution < -0.4 is 0 Å². The number of aromatic nitrogens is 2. The summed E-state index contributed by atoms with van der Waals surface area (Å²) in [6.45, 7) is 3.76. The number of carbonyl (C=O) groups excluding carboxylic acids is 1. The Hall–Kier alpha value is -3.10. The smallest absolute Gasteiger partial charge is 0.227 e. The van der Waals surface area contributed by atoms with Gasteiger partial charge in [-0.15, -0.1) is 0 Å². The lowest BCUT2D eigenvalue weighted by Gasteiger charge is -2.32. The average molecular weight is 391 g/mol. The molecule has 9 heteroatoms. The standard InChI is InChI=1S/C19H16F3N3O3/c1-9-3-15-12(19(28-24-15)16-8-27-10(2)23-16)7-25(9)17(26)6-11-4-13(20)18(22)14(21)5-11/h4-5,8-9H,3,6-7H2,1-2H3/t9-/m0/s1. The van der Waals surface area contributed by atoms with E-state index in [0.29, 0.717) is 23.8 Å². The third kappa shape index (κ3) is 3.17. The minimum atomic E-state index is -1.55. The first-order valence-electron chi connectivity index (χ1n) is 8.66. The van der Waals surface area contributed by atoms with Gasteiger partial charge >= 0.3 is 0 Å². The molecule has 1 aliphatic rings. The van der Waals surface area contributed by atoms with Crippen LogP contribution in [0.1, 0.15) is 29.6 Å². The number of aryl methyl sites for hydroxylation is 1. The van der Waals surface area contributed by atoms with Crippen LogP contribution >= 0.6 is 0 Å². The number of fused-ring (bicyclic) bond motifs is 1. The Morgan fingerprint density at radius 2 is 2.00 bits per heavy atom. The van der Waals surface area contributed by atoms with Gasteiger partial charge in [0.05, 0.1) is 18.7 Å². The predicted octanol–water partition coefficient (Wildman–Crippen LogP) is 3.57. The molecular weight excluding hydrogens is 375 g/mol. The van der Waals surface area contributed by atoms with Gasteiger partial charge in [0, 0.05) is 24.9 Å². The Balaban J connectivity index is 1.58. The minimum absolute atomic E-state index is 0.0667. The van der Waals surface area contributed by atoms with Crippen LogP contribution in [0.15, 0.2) is 27.3 Å². The molecule has 1 aromatic carbocycles. The van der Waals surface area contributed by atoms with E-state index in [4.69, 9.17) is 8.94 Å². The van der Waals surface area contributed by atoms with E-state index in [2.05, 4.69) is 10.1 Å². The predicted molar refractivity (Wildman–Crippen MR) is 90.5 cm³/mol. The fourth-order valence-corrected chi connectivity index (χ4v) is 3.37. The molecule has 1 aliphatic heterocycles. The number of benzene rings is 1. The first-order valence-corrected chi connectivity index (χ1v) is 8.66. The molecule has 0 bridgehead atoms. The van der Waals surface area contributed by atoms with Crippen molar-refractivity contribution in [2.45, 2.75) is 39.3 Å². The largest absolute Gasteiger partial charge is 0.449 e. The van der Waals surface area contributed by atoms with Crippen molar-refractivity contribution < 1.29 is 26.9 Å². The van der Waals surface area contributed by atoms with E-state index in [1.807, 2.05) is 6.92 Å². The van der Waals surface area contributed by atoms with Gasteiger partial charge in [-0.1, -0.05) is 5.16 Å². The first-order chi connectivity index (χ1) is 13.3. The number of rotatable bonds is 3. The van der Waals surface area contributed by atoms with Gasteiger partial charge in [0.25, 0.3) is 0 Å². The van der Waals surface area contributed by atoms with E-state index >= 15 is 0 Å². The lowest BCUT2D eigenvalue weighted by molar-refractivity contribution is -0.133. The maximum atomic E-state index is 13.4. The van der Waals surface area contributed by atoms with Gasteiger partial charge in [-0.3, -0.25) is 4.79 Å². The average Bonchev–Trinajstić information content (AvgIpc) is 3.24. The van der Waals surface area contributed by atoms with Gasteiger partial charge in [0.2, 0.25) is 5.91 Å². The molecule has 0 radical (unpaired) electrons. The first kappa shape index (κ1) is 18.3. The second-order valence-corrected chi connectivity index (χ2v) is 6.81. The highest BCUT2D eigenvalue weighted by atomic mass is 19.2. The summed E-state index contributed by atoms with van der Waals surface area (Å²) in [4.78, 5) is 18.6. The molecule has 0 N–H and O–H groups in total. The molecule has 2 aromatic heterocycles. The van der Waals surface area contributed by atoms with Crippen LogP contribution in [0.2, 0.25) is 0 Å². The molecule has 1 amide bonds. The van der Waals surface area contributed by atoms with E-state index in [-0.39, 0.29) is 30.5 Å². The molecule has 146 valence electrons. The summed E-state index contributed by atoms with van der Waals surface area (Å²) in [5.74, 6) is -3.64. The van der Waals surface area contributed by atoms with Crippen molar-refractivity contribution in [2.24, 2.45) is 0 Å². The summed E-state index contributed by atoms with van der Waals surface area (Å²) < 4.78 is 50.6. The Bertz CT molecular complexity index is 1040. The van der Waals surface area contributed by atoms with Crippen molar-refractivity contribution in [2.75, 3.05) is 0 Å². The molecule has 0 fully saturated rings. The maximum absolute atomic E-state index is 13.4. The van der Waals surface area contributed by atoms with Gasteiger partial charge in [-0.05, 0) is 24.6 Å². The molecule has 4 rings (SSSR count). The van der Waals surface area contributed by atoms with Crippen molar-refractivity contribution in [3.05, 3.63) is 58.6 Å². The van der Waals surface area contributed by atoms with Crippen LogP contribution in [-0.4, -0.2) is 27.0 Å². The number of halogens is 3. The fraction of sp³-hybridized carbons (Fsp3) is 0.316. The second kappa shape index (κ2) is 6.81. The fourth-order valence-electron chi connectivity index (χ4n) is 3.37. The zero-order valence-electron chi connectivity index (χ0n) is 15.1. The number of hydrogen-bond donors (Lipinski definition) is 0. The van der Waals surface area contributed by atoms with Crippen molar-refractivity contribution in [1.82, 2.24) is 15.0 Å². The number of oxazole rings is 1. The molecule has 0 aliphatic carbocycles. The topological polar surface area (TPSA) is 72.4 Å². The van der Waals surface area contributed by atoms with Crippen LogP contribution in [0.3, 0.4) is 0 Å². The molecular formula is C19H16F3N3O3. The van der Waals surface area contributed by atoms with E-state index < -0.39 is 17.5 Å². The molecule has 3 heterocycles. The monoisotopic (exact) mass is 391 g/mol. The number of amides is 1. The quantitative estimate of drug-likeness (QED) is 0.639. The number of nitrogens with zero attached hydrogens (tertiary/aromatic N) is 3. The van der Waals surface area contributed by atoms with Crippen LogP contribution in [0, 0.1) is 24.4 Å². The third-order valence-corrected chi connectivity index (χ3v) is 4.79. The molecule has 6 nitrogen and oxygen atoms in total. The third-order valence-electron chi connectivity index (χ3n) is 4.79. The highest BCUT2D eigenvalue weighted by Crippen LogP contribution is 2.32. The van der Waals surface area contributed by atoms with Gasteiger partial charge < -0.3 is 13.8 Å². The van der Waals surface area contributed by atoms with Crippen molar-refractivity contribution in [3.8, 4) is 11.5 Å². The van der Waals surface area contributed by atoms with Crippen molar-refractivity contribution >= 4 is 5.91 Å². The molecule has 0 saturated heterocycles. The van der Waals surface area contributed by atoms with Gasteiger partial charge in [0.1, 0.15) is 12.0 Å². The molecule has 0 saturated carbocycles.